The second-order valence-electron chi connectivity index (χ2n) is 5.67. The van der Waals surface area contributed by atoms with Crippen LogP contribution in [0, 0.1) is 0 Å². The lowest BCUT2D eigenvalue weighted by Gasteiger charge is -2.35. The SMILES string of the molecule is CC(C)Sc1ccc(C(=O)N2CC(C(=O)O)O[C@H](C)C2)cc1. The van der Waals surface area contributed by atoms with Crippen molar-refractivity contribution < 1.29 is 19.4 Å². The van der Waals surface area contributed by atoms with Gasteiger partial charge in [-0.25, -0.2) is 4.79 Å². The standard InChI is InChI=1S/C16H21NO4S/c1-10(2)22-13-6-4-12(5-7-13)15(18)17-8-11(3)21-14(9-17)16(19)20/h4-7,10-11,14H,8-9H2,1-3H3,(H,19,20)/t11-,14?/m1/s1. The number of thioether (sulfide) groups is 1. The van der Waals surface area contributed by atoms with Crippen molar-refractivity contribution in [3.05, 3.63) is 29.8 Å². The molecule has 0 spiro atoms. The number of benzene rings is 1. The summed E-state index contributed by atoms with van der Waals surface area (Å²) < 4.78 is 5.33. The molecule has 1 N–H and O–H groups in total. The molecule has 1 saturated heterocycles. The Morgan fingerprint density at radius 1 is 1.27 bits per heavy atom. The number of carboxylic acid groups (broad SMARTS) is 1. The summed E-state index contributed by atoms with van der Waals surface area (Å²) in [5.41, 5.74) is 0.575. The number of carbonyl (C=O) groups excluding carboxylic acids is 1. The van der Waals surface area contributed by atoms with E-state index in [4.69, 9.17) is 9.84 Å². The molecule has 5 nitrogen and oxygen atoms in total. The van der Waals surface area contributed by atoms with Gasteiger partial charge in [0.25, 0.3) is 5.91 Å². The summed E-state index contributed by atoms with van der Waals surface area (Å²) in [5, 5.41) is 9.56. The highest BCUT2D eigenvalue weighted by atomic mass is 32.2. The third-order valence-electron chi connectivity index (χ3n) is 3.30. The summed E-state index contributed by atoms with van der Waals surface area (Å²) in [6.07, 6.45) is -1.24. The number of hydrogen-bond donors (Lipinski definition) is 1. The number of carboxylic acids is 1. The van der Waals surface area contributed by atoms with Crippen molar-refractivity contribution >= 4 is 23.6 Å². The van der Waals surface area contributed by atoms with Crippen LogP contribution in [0.4, 0.5) is 0 Å². The van der Waals surface area contributed by atoms with E-state index in [2.05, 4.69) is 13.8 Å². The number of aliphatic carboxylic acids is 1. The van der Waals surface area contributed by atoms with E-state index < -0.39 is 12.1 Å². The van der Waals surface area contributed by atoms with Crippen LogP contribution in [0.15, 0.2) is 29.2 Å². The molecule has 0 aromatic heterocycles. The molecule has 1 aromatic rings. The highest BCUT2D eigenvalue weighted by Crippen LogP contribution is 2.23. The number of ether oxygens (including phenoxy) is 1. The van der Waals surface area contributed by atoms with Crippen molar-refractivity contribution in [2.75, 3.05) is 13.1 Å². The molecular weight excluding hydrogens is 302 g/mol. The third kappa shape index (κ3) is 4.24. The van der Waals surface area contributed by atoms with Crippen LogP contribution in [0.3, 0.4) is 0 Å². The summed E-state index contributed by atoms with van der Waals surface area (Å²) in [7, 11) is 0. The van der Waals surface area contributed by atoms with Crippen molar-refractivity contribution in [3.8, 4) is 0 Å². The van der Waals surface area contributed by atoms with Crippen LogP contribution in [-0.4, -0.2) is 52.4 Å². The number of nitrogens with zero attached hydrogens (tertiary/aromatic N) is 1. The molecule has 0 aliphatic carbocycles. The number of hydrogen-bond acceptors (Lipinski definition) is 4. The fourth-order valence-corrected chi connectivity index (χ4v) is 3.22. The van der Waals surface area contributed by atoms with E-state index in [0.717, 1.165) is 4.90 Å². The molecule has 0 radical (unpaired) electrons. The minimum atomic E-state index is -1.03. The van der Waals surface area contributed by atoms with Crippen molar-refractivity contribution in [2.45, 2.75) is 43.1 Å². The molecule has 6 heteroatoms. The van der Waals surface area contributed by atoms with Gasteiger partial charge in [-0.3, -0.25) is 4.79 Å². The zero-order chi connectivity index (χ0) is 16.3. The van der Waals surface area contributed by atoms with Gasteiger partial charge in [0, 0.05) is 22.3 Å². The van der Waals surface area contributed by atoms with Gasteiger partial charge in [0.05, 0.1) is 12.6 Å². The Morgan fingerprint density at radius 2 is 1.91 bits per heavy atom. The molecule has 0 bridgehead atoms. The van der Waals surface area contributed by atoms with Gasteiger partial charge < -0.3 is 14.7 Å². The maximum absolute atomic E-state index is 12.5. The average Bonchev–Trinajstić information content (AvgIpc) is 2.46. The fourth-order valence-electron chi connectivity index (χ4n) is 2.38. The highest BCUT2D eigenvalue weighted by molar-refractivity contribution is 7.99. The van der Waals surface area contributed by atoms with Gasteiger partial charge in [-0.2, -0.15) is 0 Å². The van der Waals surface area contributed by atoms with E-state index in [1.165, 1.54) is 0 Å². The molecule has 1 heterocycles. The Labute approximate surface area is 134 Å². The molecule has 2 rings (SSSR count). The average molecular weight is 323 g/mol. The lowest BCUT2D eigenvalue weighted by molar-refractivity contribution is -0.160. The number of carbonyl (C=O) groups is 2. The summed E-state index contributed by atoms with van der Waals surface area (Å²) in [6.45, 7) is 6.50. The van der Waals surface area contributed by atoms with Crippen LogP contribution in [0.25, 0.3) is 0 Å². The topological polar surface area (TPSA) is 66.8 Å². The van der Waals surface area contributed by atoms with Crippen molar-refractivity contribution in [3.63, 3.8) is 0 Å². The molecule has 1 amide bonds. The molecular formula is C16H21NO4S. The van der Waals surface area contributed by atoms with E-state index in [9.17, 15) is 9.59 Å². The van der Waals surface area contributed by atoms with Gasteiger partial charge in [-0.15, -0.1) is 11.8 Å². The van der Waals surface area contributed by atoms with Gasteiger partial charge in [0.1, 0.15) is 0 Å². The lowest BCUT2D eigenvalue weighted by Crippen LogP contribution is -2.51. The molecule has 120 valence electrons. The second-order valence-corrected chi connectivity index (χ2v) is 7.32. The second kappa shape index (κ2) is 7.15. The van der Waals surface area contributed by atoms with Gasteiger partial charge in [0.15, 0.2) is 6.10 Å². The molecule has 1 aliphatic rings. The summed E-state index contributed by atoms with van der Waals surface area (Å²) >= 11 is 1.74. The van der Waals surface area contributed by atoms with Gasteiger partial charge in [-0.05, 0) is 31.2 Å². The summed E-state index contributed by atoms with van der Waals surface area (Å²) in [4.78, 5) is 26.3. The van der Waals surface area contributed by atoms with E-state index in [0.29, 0.717) is 17.4 Å². The molecule has 0 saturated carbocycles. The zero-order valence-electron chi connectivity index (χ0n) is 13.0. The molecule has 2 atom stereocenters. The maximum Gasteiger partial charge on any atom is 0.334 e. The summed E-state index contributed by atoms with van der Waals surface area (Å²) in [5.74, 6) is -1.18. The van der Waals surface area contributed by atoms with Crippen molar-refractivity contribution in [1.82, 2.24) is 4.90 Å². The van der Waals surface area contributed by atoms with Crippen LogP contribution in [0.2, 0.25) is 0 Å². The van der Waals surface area contributed by atoms with Crippen LogP contribution in [0.1, 0.15) is 31.1 Å². The Kier molecular flexibility index (Phi) is 5.47. The highest BCUT2D eigenvalue weighted by Gasteiger charge is 2.32. The molecule has 22 heavy (non-hydrogen) atoms. The minimum absolute atomic E-state index is 0.0843. The Balaban J connectivity index is 2.08. The van der Waals surface area contributed by atoms with E-state index >= 15 is 0 Å². The molecule has 1 aromatic carbocycles. The normalized spacial score (nSPS) is 21.9. The van der Waals surface area contributed by atoms with Crippen LogP contribution >= 0.6 is 11.8 Å². The van der Waals surface area contributed by atoms with Gasteiger partial charge >= 0.3 is 5.97 Å². The summed E-state index contributed by atoms with van der Waals surface area (Å²) in [6, 6.07) is 7.44. The maximum atomic E-state index is 12.5. The van der Waals surface area contributed by atoms with Gasteiger partial charge in [-0.1, -0.05) is 13.8 Å². The number of morpholine rings is 1. The van der Waals surface area contributed by atoms with Crippen LogP contribution < -0.4 is 0 Å². The molecule has 1 aliphatic heterocycles. The monoisotopic (exact) mass is 323 g/mol. The molecule has 1 fully saturated rings. The first kappa shape index (κ1) is 16.8. The van der Waals surface area contributed by atoms with Gasteiger partial charge in [0.2, 0.25) is 0 Å². The Bertz CT molecular complexity index is 544. The van der Waals surface area contributed by atoms with Crippen LogP contribution in [0.5, 0.6) is 0 Å². The largest absolute Gasteiger partial charge is 0.479 e. The fraction of sp³-hybridized carbons (Fsp3) is 0.500. The quantitative estimate of drug-likeness (QED) is 0.862. The first-order chi connectivity index (χ1) is 10.4. The van der Waals surface area contributed by atoms with Crippen molar-refractivity contribution in [2.24, 2.45) is 0 Å². The van der Waals surface area contributed by atoms with Crippen LogP contribution in [-0.2, 0) is 9.53 Å². The first-order valence-electron chi connectivity index (χ1n) is 7.31. The third-order valence-corrected chi connectivity index (χ3v) is 4.31. The first-order valence-corrected chi connectivity index (χ1v) is 8.19. The predicted octanol–water partition coefficient (Wildman–Crippen LogP) is 2.50. The smallest absolute Gasteiger partial charge is 0.334 e. The van der Waals surface area contributed by atoms with E-state index in [1.807, 2.05) is 12.1 Å². The zero-order valence-corrected chi connectivity index (χ0v) is 13.8. The molecule has 1 unspecified atom stereocenters. The van der Waals surface area contributed by atoms with E-state index in [1.54, 1.807) is 35.7 Å². The van der Waals surface area contributed by atoms with Crippen molar-refractivity contribution in [1.29, 1.82) is 0 Å². The predicted molar refractivity (Wildman–Crippen MR) is 85.3 cm³/mol. The minimum Gasteiger partial charge on any atom is -0.479 e. The number of rotatable bonds is 4. The lowest BCUT2D eigenvalue weighted by atomic mass is 10.1. The Hall–Kier alpha value is -1.53. The number of amides is 1. The Morgan fingerprint density at radius 3 is 2.45 bits per heavy atom. The van der Waals surface area contributed by atoms with E-state index in [-0.39, 0.29) is 18.6 Å².